The van der Waals surface area contributed by atoms with E-state index in [-0.39, 0.29) is 22.6 Å². The van der Waals surface area contributed by atoms with E-state index in [1.54, 1.807) is 20.4 Å². The third kappa shape index (κ3) is 4.79. The minimum absolute atomic E-state index is 0.0510. The first kappa shape index (κ1) is 26.2. The minimum Gasteiger partial charge on any atom is -0.506 e. The monoisotopic (exact) mass is 506 g/mol. The molecule has 1 aliphatic heterocycles. The summed E-state index contributed by atoms with van der Waals surface area (Å²) >= 11 is 0. The van der Waals surface area contributed by atoms with Crippen molar-refractivity contribution in [1.29, 1.82) is 0 Å². The number of carbonyl (C=O) groups is 1. The average Bonchev–Trinajstić information content (AvgIpc) is 3.34. The number of methoxy groups -OCH3 is 1. The minimum atomic E-state index is -2.30. The van der Waals surface area contributed by atoms with Gasteiger partial charge in [-0.15, -0.1) is 0 Å². The first-order valence-electron chi connectivity index (χ1n) is 11.5. The number of hydrogen-bond acceptors (Lipinski definition) is 6. The smallest absolute Gasteiger partial charge is 0.258 e. The van der Waals surface area contributed by atoms with Crippen molar-refractivity contribution in [2.24, 2.45) is 7.05 Å². The van der Waals surface area contributed by atoms with Crippen molar-refractivity contribution in [1.82, 2.24) is 19.7 Å². The topological polar surface area (TPSA) is 101 Å². The summed E-state index contributed by atoms with van der Waals surface area (Å²) in [6, 6.07) is 8.12. The molecule has 0 fully saturated rings. The van der Waals surface area contributed by atoms with Gasteiger partial charge in [-0.1, -0.05) is 6.92 Å². The van der Waals surface area contributed by atoms with Gasteiger partial charge >= 0.3 is 0 Å². The van der Waals surface area contributed by atoms with Crippen LogP contribution in [0.25, 0.3) is 22.0 Å². The highest BCUT2D eigenvalue weighted by Crippen LogP contribution is 2.37. The van der Waals surface area contributed by atoms with Crippen LogP contribution in [0, 0.1) is 11.6 Å². The van der Waals surface area contributed by atoms with Gasteiger partial charge in [-0.2, -0.15) is 5.10 Å². The van der Waals surface area contributed by atoms with E-state index in [1.807, 2.05) is 0 Å². The van der Waals surface area contributed by atoms with Crippen LogP contribution >= 0.6 is 0 Å². The molecule has 2 radical (unpaired) electrons. The molecule has 5 rings (SSSR count). The summed E-state index contributed by atoms with van der Waals surface area (Å²) in [6.07, 6.45) is 4.12. The van der Waals surface area contributed by atoms with Crippen LogP contribution in [0.3, 0.4) is 0 Å². The number of phenols is 1. The number of hydrogen-bond donors (Lipinski definition) is 2. The molecule has 0 saturated carbocycles. The molecule has 3 heterocycles. The lowest BCUT2D eigenvalue weighted by atomic mass is 9.87. The molecule has 8 nitrogen and oxygen atoms in total. The second-order valence-electron chi connectivity index (χ2n) is 8.63. The van der Waals surface area contributed by atoms with Gasteiger partial charge in [-0.3, -0.25) is 14.5 Å². The summed E-state index contributed by atoms with van der Waals surface area (Å²) in [5, 5.41) is 25.3. The first-order chi connectivity index (χ1) is 17.6. The van der Waals surface area contributed by atoms with Crippen molar-refractivity contribution in [2.75, 3.05) is 13.7 Å². The number of aryl methyl sites for hydroxylation is 1. The molecule has 190 valence electrons. The van der Waals surface area contributed by atoms with Crippen LogP contribution in [-0.4, -0.2) is 57.3 Å². The quantitative estimate of drug-likeness (QED) is 0.402. The Kier molecular flexibility index (Phi) is 7.29. The number of nitrogens with zero attached hydrogens (tertiary/aromatic N) is 4. The number of ether oxygens (including phenoxy) is 1. The van der Waals surface area contributed by atoms with Crippen LogP contribution in [0.5, 0.6) is 5.75 Å². The van der Waals surface area contributed by atoms with E-state index in [0.717, 1.165) is 30.1 Å². The predicted molar refractivity (Wildman–Crippen MR) is 134 cm³/mol. The Bertz CT molecular complexity index is 1450. The van der Waals surface area contributed by atoms with Crippen molar-refractivity contribution >= 4 is 24.7 Å². The summed E-state index contributed by atoms with van der Waals surface area (Å²) in [4.78, 5) is 17.4. The fourth-order valence-electron chi connectivity index (χ4n) is 4.22. The van der Waals surface area contributed by atoms with Crippen LogP contribution < -0.4 is 0 Å². The summed E-state index contributed by atoms with van der Waals surface area (Å²) in [7, 11) is 9.27. The van der Waals surface area contributed by atoms with E-state index in [4.69, 9.17) is 12.6 Å². The van der Waals surface area contributed by atoms with E-state index in [0.29, 0.717) is 16.5 Å². The summed E-state index contributed by atoms with van der Waals surface area (Å²) in [5.41, 5.74) is -1.74. The normalized spacial score (nSPS) is 16.6. The van der Waals surface area contributed by atoms with Gasteiger partial charge in [-0.25, -0.2) is 8.78 Å². The van der Waals surface area contributed by atoms with Crippen LogP contribution in [0.4, 0.5) is 8.78 Å². The first-order valence-corrected chi connectivity index (χ1v) is 11.5. The van der Waals surface area contributed by atoms with E-state index >= 15 is 8.78 Å². The van der Waals surface area contributed by atoms with Crippen molar-refractivity contribution in [3.63, 3.8) is 0 Å². The predicted octanol–water partition coefficient (Wildman–Crippen LogP) is 3.59. The summed E-state index contributed by atoms with van der Waals surface area (Å²) in [5.74, 6) is -2.57. The fourth-order valence-corrected chi connectivity index (χ4v) is 4.22. The van der Waals surface area contributed by atoms with Gasteiger partial charge in [0.1, 0.15) is 28.5 Å². The number of amides is 1. The van der Waals surface area contributed by atoms with E-state index in [2.05, 4.69) is 17.0 Å². The van der Waals surface area contributed by atoms with Gasteiger partial charge in [0, 0.05) is 44.1 Å². The lowest BCUT2D eigenvalue weighted by Gasteiger charge is -2.31. The molecule has 2 aromatic heterocycles. The van der Waals surface area contributed by atoms with Crippen LogP contribution in [-0.2, 0) is 24.0 Å². The summed E-state index contributed by atoms with van der Waals surface area (Å²) < 4.78 is 36.3. The van der Waals surface area contributed by atoms with E-state index in [1.165, 1.54) is 35.1 Å². The second-order valence-corrected chi connectivity index (χ2v) is 8.63. The molecule has 0 spiro atoms. The highest BCUT2D eigenvalue weighted by atomic mass is 19.1. The Hall–Kier alpha value is -3.83. The lowest BCUT2D eigenvalue weighted by molar-refractivity contribution is -0.0231. The molecule has 1 amide bonds. The third-order valence-corrected chi connectivity index (χ3v) is 5.99. The SMILES string of the molecule is CCCOC.[B]C1(O)c2ncccc2C(=O)N1Cc1c(F)cc(-c2ccc(O)c3nn(C)cc23)cc1F. The Morgan fingerprint density at radius 3 is 2.46 bits per heavy atom. The maximum Gasteiger partial charge on any atom is 0.258 e. The molecule has 4 aromatic rings. The number of halogens is 2. The van der Waals surface area contributed by atoms with Crippen LogP contribution in [0.1, 0.15) is 35.0 Å². The standard InChI is InChI=1S/C22H15BF2N4O3.C4H10O/c1-28-9-14-12(4-5-18(30)19(14)27-28)11-7-16(24)15(17(25)8-11)10-29-21(31)13-3-2-6-26-20(13)22(29,23)32;1-3-4-5-2/h2-9,30,32H,10H2,1H3;3-4H2,1-2H3. The number of pyridine rings is 1. The molecule has 2 N–H and O–H groups in total. The van der Waals surface area contributed by atoms with Gasteiger partial charge < -0.3 is 19.8 Å². The third-order valence-electron chi connectivity index (χ3n) is 5.99. The molecule has 37 heavy (non-hydrogen) atoms. The highest BCUT2D eigenvalue weighted by Gasteiger charge is 2.46. The van der Waals surface area contributed by atoms with E-state index in [9.17, 15) is 15.0 Å². The number of carbonyl (C=O) groups excluding carboxylic acids is 1. The lowest BCUT2D eigenvalue weighted by Crippen LogP contribution is -2.44. The van der Waals surface area contributed by atoms with Crippen molar-refractivity contribution in [2.45, 2.75) is 25.5 Å². The number of rotatable bonds is 5. The zero-order valence-corrected chi connectivity index (χ0v) is 20.6. The molecular weight excluding hydrogens is 481 g/mol. The molecule has 0 saturated heterocycles. The molecule has 1 atom stereocenters. The maximum atomic E-state index is 15.1. The number of benzene rings is 2. The summed E-state index contributed by atoms with van der Waals surface area (Å²) in [6.45, 7) is 2.38. The Balaban J connectivity index is 0.000000586. The largest absolute Gasteiger partial charge is 0.506 e. The molecule has 0 aliphatic carbocycles. The van der Waals surface area contributed by atoms with Gasteiger partial charge in [0.15, 0.2) is 7.85 Å². The van der Waals surface area contributed by atoms with Gasteiger partial charge in [0.2, 0.25) is 0 Å². The zero-order chi connectivity index (χ0) is 26.9. The highest BCUT2D eigenvalue weighted by molar-refractivity contribution is 6.19. The van der Waals surface area contributed by atoms with Crippen LogP contribution in [0.2, 0.25) is 0 Å². The number of aromatic nitrogens is 3. The van der Waals surface area contributed by atoms with Gasteiger partial charge in [0.05, 0.1) is 17.8 Å². The number of aromatic hydroxyl groups is 1. The molecule has 1 unspecified atom stereocenters. The Morgan fingerprint density at radius 2 is 1.86 bits per heavy atom. The number of phenolic OH excluding ortho intramolecular Hbond substituents is 1. The van der Waals surface area contributed by atoms with E-state index < -0.39 is 35.3 Å². The average molecular weight is 506 g/mol. The van der Waals surface area contributed by atoms with Gasteiger partial charge in [0.25, 0.3) is 5.91 Å². The fraction of sp³-hybridized carbons (Fsp3) is 0.269. The van der Waals surface area contributed by atoms with Crippen LogP contribution in [0.15, 0.2) is 48.8 Å². The molecule has 1 aliphatic rings. The Morgan fingerprint density at radius 1 is 1.16 bits per heavy atom. The maximum absolute atomic E-state index is 15.1. The molecular formula is C26H25BF2N4O4. The number of fused-ring (bicyclic) bond motifs is 2. The molecule has 2 aromatic carbocycles. The second kappa shape index (κ2) is 10.3. The molecule has 11 heteroatoms. The number of aliphatic hydroxyl groups is 1. The van der Waals surface area contributed by atoms with Crippen molar-refractivity contribution in [3.05, 3.63) is 77.2 Å². The van der Waals surface area contributed by atoms with Crippen molar-refractivity contribution in [3.8, 4) is 16.9 Å². The Labute approximate surface area is 213 Å². The molecule has 0 bridgehead atoms. The van der Waals surface area contributed by atoms with Gasteiger partial charge in [-0.05, 0) is 53.9 Å². The van der Waals surface area contributed by atoms with Crippen molar-refractivity contribution < 1.29 is 28.5 Å². The zero-order valence-electron chi connectivity index (χ0n) is 20.6.